The molecule has 3 rings (SSSR count). The average molecular weight is 356 g/mol. The van der Waals surface area contributed by atoms with Crippen molar-refractivity contribution in [3.05, 3.63) is 41.9 Å². The zero-order chi connectivity index (χ0) is 17.8. The molecule has 1 aromatic carbocycles. The molecule has 0 amide bonds. The van der Waals surface area contributed by atoms with E-state index in [2.05, 4.69) is 4.98 Å². The summed E-state index contributed by atoms with van der Waals surface area (Å²) >= 11 is 1.58. The van der Waals surface area contributed by atoms with Crippen LogP contribution < -0.4 is 14.2 Å². The minimum atomic E-state index is 0.0846. The molecule has 0 atom stereocenters. The van der Waals surface area contributed by atoms with Gasteiger partial charge >= 0.3 is 0 Å². The number of hydrogen-bond acceptors (Lipinski definition) is 6. The topological polar surface area (TPSA) is 53.5 Å². The van der Waals surface area contributed by atoms with E-state index >= 15 is 0 Å². The molecule has 3 aromatic rings. The molecule has 5 nitrogen and oxygen atoms in total. The lowest BCUT2D eigenvalue weighted by Gasteiger charge is -2.09. The fourth-order valence-electron chi connectivity index (χ4n) is 2.38. The molecule has 25 heavy (non-hydrogen) atoms. The predicted octanol–water partition coefficient (Wildman–Crippen LogP) is 4.68. The van der Waals surface area contributed by atoms with Crippen LogP contribution in [0.3, 0.4) is 0 Å². The second-order valence-electron chi connectivity index (χ2n) is 5.66. The van der Waals surface area contributed by atoms with Gasteiger partial charge in [0.1, 0.15) is 5.01 Å². The van der Waals surface area contributed by atoms with Crippen molar-refractivity contribution in [2.24, 2.45) is 0 Å². The first-order valence-electron chi connectivity index (χ1n) is 7.91. The van der Waals surface area contributed by atoms with Crippen molar-refractivity contribution in [3.8, 4) is 39.2 Å². The Kier molecular flexibility index (Phi) is 5.19. The maximum absolute atomic E-state index is 5.66. The van der Waals surface area contributed by atoms with Gasteiger partial charge in [-0.25, -0.2) is 9.97 Å². The van der Waals surface area contributed by atoms with Gasteiger partial charge < -0.3 is 14.2 Å². The number of benzene rings is 1. The van der Waals surface area contributed by atoms with E-state index in [1.165, 1.54) is 0 Å². The molecule has 6 heteroatoms. The highest BCUT2D eigenvalue weighted by atomic mass is 32.1. The molecular weight excluding hydrogens is 336 g/mol. The lowest BCUT2D eigenvalue weighted by Crippen LogP contribution is -2.06. The molecular formula is C19H20N2O3S. The van der Waals surface area contributed by atoms with Gasteiger partial charge in [0.25, 0.3) is 0 Å². The number of methoxy groups -OCH3 is 2. The molecule has 0 aliphatic carbocycles. The number of ether oxygens (including phenoxy) is 3. The quantitative estimate of drug-likeness (QED) is 0.642. The molecule has 130 valence electrons. The Labute approximate surface area is 151 Å². The zero-order valence-corrected chi connectivity index (χ0v) is 15.5. The van der Waals surface area contributed by atoms with E-state index in [9.17, 15) is 0 Å². The van der Waals surface area contributed by atoms with E-state index in [1.54, 1.807) is 31.8 Å². The maximum Gasteiger partial charge on any atom is 0.214 e. The molecule has 0 saturated carbocycles. The van der Waals surface area contributed by atoms with Crippen molar-refractivity contribution < 1.29 is 14.2 Å². The van der Waals surface area contributed by atoms with Crippen LogP contribution >= 0.6 is 11.3 Å². The Balaban J connectivity index is 1.90. The Morgan fingerprint density at radius 3 is 2.48 bits per heavy atom. The molecule has 0 N–H and O–H groups in total. The molecule has 0 fully saturated rings. The predicted molar refractivity (Wildman–Crippen MR) is 99.6 cm³/mol. The number of aromatic nitrogens is 2. The van der Waals surface area contributed by atoms with Crippen LogP contribution in [0.2, 0.25) is 0 Å². The first-order chi connectivity index (χ1) is 12.1. The van der Waals surface area contributed by atoms with Crippen LogP contribution in [0, 0.1) is 0 Å². The Bertz CT molecular complexity index is 861. The number of nitrogens with zero attached hydrogens (tertiary/aromatic N) is 2. The van der Waals surface area contributed by atoms with E-state index in [-0.39, 0.29) is 6.10 Å². The van der Waals surface area contributed by atoms with Gasteiger partial charge in [-0.3, -0.25) is 0 Å². The SMILES string of the molecule is COc1ccc(-c2csc(-c3ccnc(OC(C)C)c3)n2)cc1OC. The van der Waals surface area contributed by atoms with Crippen LogP contribution in [-0.4, -0.2) is 30.3 Å². The summed E-state index contributed by atoms with van der Waals surface area (Å²) in [6.07, 6.45) is 1.83. The summed E-state index contributed by atoms with van der Waals surface area (Å²) in [7, 11) is 3.25. The maximum atomic E-state index is 5.66. The minimum Gasteiger partial charge on any atom is -0.493 e. The smallest absolute Gasteiger partial charge is 0.214 e. The number of thiazole rings is 1. The molecule has 0 aliphatic heterocycles. The van der Waals surface area contributed by atoms with E-state index in [0.29, 0.717) is 17.4 Å². The highest BCUT2D eigenvalue weighted by molar-refractivity contribution is 7.13. The number of hydrogen-bond donors (Lipinski definition) is 0. The van der Waals surface area contributed by atoms with Crippen molar-refractivity contribution in [1.29, 1.82) is 0 Å². The van der Waals surface area contributed by atoms with Crippen molar-refractivity contribution in [2.75, 3.05) is 14.2 Å². The van der Waals surface area contributed by atoms with Crippen LogP contribution in [0.5, 0.6) is 17.4 Å². The van der Waals surface area contributed by atoms with Gasteiger partial charge in [0.05, 0.1) is 26.0 Å². The van der Waals surface area contributed by atoms with Crippen molar-refractivity contribution in [3.63, 3.8) is 0 Å². The van der Waals surface area contributed by atoms with Gasteiger partial charge in [-0.15, -0.1) is 11.3 Å². The third-order valence-electron chi connectivity index (χ3n) is 3.52. The summed E-state index contributed by atoms with van der Waals surface area (Å²) in [4.78, 5) is 8.98. The van der Waals surface area contributed by atoms with Crippen molar-refractivity contribution in [2.45, 2.75) is 20.0 Å². The average Bonchev–Trinajstić information content (AvgIpc) is 3.11. The molecule has 0 bridgehead atoms. The van der Waals surface area contributed by atoms with Gasteiger partial charge in [0.2, 0.25) is 5.88 Å². The summed E-state index contributed by atoms with van der Waals surface area (Å²) in [5, 5.41) is 2.95. The first-order valence-corrected chi connectivity index (χ1v) is 8.79. The van der Waals surface area contributed by atoms with Gasteiger partial charge in [0.15, 0.2) is 11.5 Å². The Morgan fingerprint density at radius 1 is 0.960 bits per heavy atom. The van der Waals surface area contributed by atoms with Crippen LogP contribution in [-0.2, 0) is 0 Å². The molecule has 0 radical (unpaired) electrons. The number of rotatable bonds is 6. The molecule has 0 unspecified atom stereocenters. The summed E-state index contributed by atoms with van der Waals surface area (Å²) in [5.74, 6) is 1.99. The third-order valence-corrected chi connectivity index (χ3v) is 4.41. The van der Waals surface area contributed by atoms with Crippen molar-refractivity contribution >= 4 is 11.3 Å². The normalized spacial score (nSPS) is 10.8. The van der Waals surface area contributed by atoms with E-state index in [4.69, 9.17) is 19.2 Å². The molecule has 0 saturated heterocycles. The summed E-state index contributed by atoms with van der Waals surface area (Å²) in [6, 6.07) is 9.63. The van der Waals surface area contributed by atoms with E-state index in [0.717, 1.165) is 21.8 Å². The lowest BCUT2D eigenvalue weighted by atomic mass is 10.1. The summed E-state index contributed by atoms with van der Waals surface area (Å²) < 4.78 is 16.3. The molecule has 2 aromatic heterocycles. The number of pyridine rings is 1. The Morgan fingerprint density at radius 2 is 1.76 bits per heavy atom. The fourth-order valence-corrected chi connectivity index (χ4v) is 3.21. The lowest BCUT2D eigenvalue weighted by molar-refractivity contribution is 0.233. The highest BCUT2D eigenvalue weighted by Gasteiger charge is 2.11. The van der Waals surface area contributed by atoms with Gasteiger partial charge in [-0.1, -0.05) is 0 Å². The van der Waals surface area contributed by atoms with Gasteiger partial charge in [0, 0.05) is 28.8 Å². The molecule has 0 aliphatic rings. The van der Waals surface area contributed by atoms with Gasteiger partial charge in [-0.2, -0.15) is 0 Å². The Hall–Kier alpha value is -2.60. The highest BCUT2D eigenvalue weighted by Crippen LogP contribution is 2.34. The minimum absolute atomic E-state index is 0.0846. The van der Waals surface area contributed by atoms with E-state index in [1.807, 2.05) is 49.6 Å². The zero-order valence-electron chi connectivity index (χ0n) is 14.6. The van der Waals surface area contributed by atoms with Crippen LogP contribution in [0.25, 0.3) is 21.8 Å². The van der Waals surface area contributed by atoms with E-state index < -0.39 is 0 Å². The standard InChI is InChI=1S/C19H20N2O3S/c1-12(2)24-18-10-14(7-8-20-18)19-21-15(11-25-19)13-5-6-16(22-3)17(9-13)23-4/h5-12H,1-4H3. The van der Waals surface area contributed by atoms with Crippen LogP contribution in [0.4, 0.5) is 0 Å². The van der Waals surface area contributed by atoms with Crippen molar-refractivity contribution in [1.82, 2.24) is 9.97 Å². The second kappa shape index (κ2) is 7.53. The monoisotopic (exact) mass is 356 g/mol. The van der Waals surface area contributed by atoms with Gasteiger partial charge in [-0.05, 0) is 38.1 Å². The molecule has 2 heterocycles. The molecule has 0 spiro atoms. The summed E-state index contributed by atoms with van der Waals surface area (Å²) in [5.41, 5.74) is 2.86. The first kappa shape index (κ1) is 17.2. The fraction of sp³-hybridized carbons (Fsp3) is 0.263. The second-order valence-corrected chi connectivity index (χ2v) is 6.52. The third kappa shape index (κ3) is 3.91. The van der Waals surface area contributed by atoms with Crippen LogP contribution in [0.1, 0.15) is 13.8 Å². The van der Waals surface area contributed by atoms with Crippen LogP contribution in [0.15, 0.2) is 41.9 Å². The summed E-state index contributed by atoms with van der Waals surface area (Å²) in [6.45, 7) is 3.96. The largest absolute Gasteiger partial charge is 0.493 e.